The highest BCUT2D eigenvalue weighted by Crippen LogP contribution is 2.50. The lowest BCUT2D eigenvalue weighted by molar-refractivity contribution is -0.124. The first-order valence-electron chi connectivity index (χ1n) is 22.0. The van der Waals surface area contributed by atoms with Gasteiger partial charge >= 0.3 is 0 Å². The molecule has 2 unspecified atom stereocenters. The Balaban J connectivity index is 0.00000385. The molecular formula is C46H72Br2N2O2S2. The summed E-state index contributed by atoms with van der Waals surface area (Å²) in [4.78, 5) is 36.1. The third-order valence-electron chi connectivity index (χ3n) is 11.0. The molecule has 4 rings (SSSR count). The average molecular weight is 909 g/mol. The van der Waals surface area contributed by atoms with Crippen molar-refractivity contribution in [2.75, 3.05) is 13.1 Å². The molecule has 2 aromatic heterocycles. The summed E-state index contributed by atoms with van der Waals surface area (Å²) in [5.74, 6) is 0.882. The van der Waals surface area contributed by atoms with Gasteiger partial charge in [0.05, 0.1) is 39.9 Å². The smallest absolute Gasteiger partial charge is 0.261 e. The van der Waals surface area contributed by atoms with Gasteiger partial charge < -0.3 is 9.80 Å². The zero-order valence-corrected chi connectivity index (χ0v) is 39.5. The summed E-state index contributed by atoms with van der Waals surface area (Å²) in [6.45, 7) is 14.4. The predicted molar refractivity (Wildman–Crippen MR) is 244 cm³/mol. The standard InChI is InChI=1S/C44H66Br2N2O2S2.C2H6/c1-5-9-13-16-18-21-25-33(23-12-8-4)31-47-41(35-27-29-37(45)51-35)39-40(43(47)49)42(36-28-30-38(46)52-36)48(44(39)50)32-34(24-20-15-11-7-3)26-22-19-17-14-10-6-2;1-2/h27-30,33-34H,5-26,31-32H2,1-4H3;1-2H3. The van der Waals surface area contributed by atoms with Crippen molar-refractivity contribution in [2.24, 2.45) is 11.8 Å². The number of thiophene rings is 2. The van der Waals surface area contributed by atoms with Crippen LogP contribution in [0.3, 0.4) is 0 Å². The van der Waals surface area contributed by atoms with Crippen molar-refractivity contribution in [1.82, 2.24) is 9.80 Å². The van der Waals surface area contributed by atoms with Crippen LogP contribution in [0.4, 0.5) is 0 Å². The predicted octanol–water partition coefficient (Wildman–Crippen LogP) is 16.1. The van der Waals surface area contributed by atoms with Gasteiger partial charge in [0.1, 0.15) is 0 Å². The number of rotatable bonds is 28. The Kier molecular flexibility index (Phi) is 23.3. The van der Waals surface area contributed by atoms with Crippen LogP contribution in [0.1, 0.15) is 193 Å². The van der Waals surface area contributed by atoms with E-state index in [0.29, 0.717) is 36.1 Å². The molecule has 54 heavy (non-hydrogen) atoms. The van der Waals surface area contributed by atoms with E-state index < -0.39 is 0 Å². The number of carbonyl (C=O) groups is 2. The summed E-state index contributed by atoms with van der Waals surface area (Å²) >= 11 is 10.7. The SMILES string of the molecule is CC.CCCCCCCCC(CCCC)CN1C(=O)C2=C(c3ccc(Br)s3)N(CC(CCCCCC)CCCCCCCC)C(=O)C2=C1c1ccc(Br)s1. The molecule has 0 aliphatic carbocycles. The van der Waals surface area contributed by atoms with E-state index in [0.717, 1.165) is 60.8 Å². The number of halogens is 2. The minimum absolute atomic E-state index is 0.0183. The van der Waals surface area contributed by atoms with Crippen LogP contribution in [0.15, 0.2) is 43.0 Å². The highest BCUT2D eigenvalue weighted by molar-refractivity contribution is 9.11. The number of fused-ring (bicyclic) bond motifs is 1. The van der Waals surface area contributed by atoms with Crippen molar-refractivity contribution in [3.63, 3.8) is 0 Å². The molecule has 0 saturated heterocycles. The summed E-state index contributed by atoms with van der Waals surface area (Å²) in [7, 11) is 0. The van der Waals surface area contributed by atoms with E-state index in [4.69, 9.17) is 0 Å². The molecule has 2 aliphatic heterocycles. The molecule has 2 aliphatic rings. The molecule has 4 nitrogen and oxygen atoms in total. The van der Waals surface area contributed by atoms with Gasteiger partial charge in [-0.15, -0.1) is 22.7 Å². The van der Waals surface area contributed by atoms with E-state index in [1.807, 2.05) is 23.6 Å². The van der Waals surface area contributed by atoms with Crippen LogP contribution in [0, 0.1) is 11.8 Å². The number of unbranched alkanes of at least 4 members (excludes halogenated alkanes) is 14. The first-order chi connectivity index (χ1) is 26.3. The topological polar surface area (TPSA) is 40.6 Å². The maximum Gasteiger partial charge on any atom is 0.261 e. The van der Waals surface area contributed by atoms with E-state index >= 15 is 4.79 Å². The third-order valence-corrected chi connectivity index (χ3v) is 14.3. The molecule has 0 saturated carbocycles. The normalized spacial score (nSPS) is 15.4. The van der Waals surface area contributed by atoms with Crippen molar-refractivity contribution in [3.8, 4) is 0 Å². The second-order valence-electron chi connectivity index (χ2n) is 15.3. The molecule has 0 N–H and O–H groups in total. The van der Waals surface area contributed by atoms with Gasteiger partial charge in [-0.2, -0.15) is 0 Å². The number of amides is 2. The maximum atomic E-state index is 15.0. The van der Waals surface area contributed by atoms with Gasteiger partial charge in [0, 0.05) is 13.1 Å². The second-order valence-corrected chi connectivity index (χ2v) is 20.2. The zero-order chi connectivity index (χ0) is 39.3. The van der Waals surface area contributed by atoms with Gasteiger partial charge in [-0.05, 0) is 93.6 Å². The Labute approximate surface area is 355 Å². The van der Waals surface area contributed by atoms with Crippen LogP contribution in [-0.4, -0.2) is 34.7 Å². The van der Waals surface area contributed by atoms with Crippen molar-refractivity contribution >= 4 is 77.7 Å². The Bertz CT molecular complexity index is 1460. The molecule has 0 aromatic carbocycles. The Morgan fingerprint density at radius 2 is 0.796 bits per heavy atom. The number of nitrogens with zero attached hydrogens (tertiary/aromatic N) is 2. The molecule has 0 spiro atoms. The van der Waals surface area contributed by atoms with Crippen molar-refractivity contribution in [2.45, 2.75) is 183 Å². The zero-order valence-electron chi connectivity index (χ0n) is 34.7. The van der Waals surface area contributed by atoms with Crippen LogP contribution in [0.2, 0.25) is 0 Å². The molecule has 8 heteroatoms. The van der Waals surface area contributed by atoms with Gasteiger partial charge in [-0.1, -0.05) is 157 Å². The monoisotopic (exact) mass is 906 g/mol. The summed E-state index contributed by atoms with van der Waals surface area (Å²) in [5, 5.41) is 0. The van der Waals surface area contributed by atoms with E-state index in [1.54, 1.807) is 22.7 Å². The highest BCUT2D eigenvalue weighted by Gasteiger charge is 2.50. The van der Waals surface area contributed by atoms with Crippen molar-refractivity contribution < 1.29 is 9.59 Å². The fourth-order valence-electron chi connectivity index (χ4n) is 8.09. The lowest BCUT2D eigenvalue weighted by atomic mass is 9.93. The Morgan fingerprint density at radius 1 is 0.481 bits per heavy atom. The molecule has 0 radical (unpaired) electrons. The summed E-state index contributed by atoms with van der Waals surface area (Å²) in [6, 6.07) is 8.32. The van der Waals surface area contributed by atoms with Gasteiger partial charge in [-0.3, -0.25) is 9.59 Å². The minimum Gasteiger partial charge on any atom is -0.306 e. The lowest BCUT2D eigenvalue weighted by Crippen LogP contribution is -2.34. The number of hydrogen-bond acceptors (Lipinski definition) is 4. The molecule has 304 valence electrons. The van der Waals surface area contributed by atoms with E-state index in [9.17, 15) is 4.79 Å². The summed E-state index contributed by atoms with van der Waals surface area (Å²) in [5.41, 5.74) is 2.96. The summed E-state index contributed by atoms with van der Waals surface area (Å²) < 4.78 is 2.04. The van der Waals surface area contributed by atoms with Crippen molar-refractivity contribution in [3.05, 3.63) is 52.7 Å². The lowest BCUT2D eigenvalue weighted by Gasteiger charge is -2.29. The molecule has 4 heterocycles. The Hall–Kier alpha value is -1.22. The fourth-order valence-corrected chi connectivity index (χ4v) is 11.0. The van der Waals surface area contributed by atoms with Gasteiger partial charge in [-0.25, -0.2) is 0 Å². The van der Waals surface area contributed by atoms with E-state index in [-0.39, 0.29) is 11.8 Å². The van der Waals surface area contributed by atoms with Crippen molar-refractivity contribution in [1.29, 1.82) is 0 Å². The quantitative estimate of drug-likeness (QED) is 0.0798. The van der Waals surface area contributed by atoms with Crippen LogP contribution >= 0.6 is 54.5 Å². The van der Waals surface area contributed by atoms with Crippen LogP contribution < -0.4 is 0 Å². The van der Waals surface area contributed by atoms with Crippen LogP contribution in [-0.2, 0) is 9.59 Å². The van der Waals surface area contributed by atoms with Gasteiger partial charge in [0.25, 0.3) is 11.8 Å². The minimum atomic E-state index is 0.0183. The molecule has 2 atom stereocenters. The molecular weight excluding hydrogens is 836 g/mol. The van der Waals surface area contributed by atoms with E-state index in [2.05, 4.69) is 83.8 Å². The third kappa shape index (κ3) is 14.0. The fraction of sp³-hybridized carbons (Fsp3) is 0.696. The molecule has 2 amide bonds. The first kappa shape index (κ1) is 47.2. The number of hydrogen-bond donors (Lipinski definition) is 0. The second kappa shape index (κ2) is 26.7. The largest absolute Gasteiger partial charge is 0.306 e. The molecule has 2 aromatic rings. The maximum absolute atomic E-state index is 15.0. The molecule has 0 bridgehead atoms. The average Bonchev–Trinajstić information content (AvgIpc) is 3.93. The molecule has 0 fully saturated rings. The van der Waals surface area contributed by atoms with Crippen LogP contribution in [0.5, 0.6) is 0 Å². The van der Waals surface area contributed by atoms with Gasteiger partial charge in [0.2, 0.25) is 0 Å². The van der Waals surface area contributed by atoms with Gasteiger partial charge in [0.15, 0.2) is 0 Å². The number of carbonyl (C=O) groups excluding carboxylic acids is 2. The Morgan fingerprint density at radius 3 is 1.13 bits per heavy atom. The highest BCUT2D eigenvalue weighted by atomic mass is 79.9. The van der Waals surface area contributed by atoms with Crippen LogP contribution in [0.25, 0.3) is 11.4 Å². The summed E-state index contributed by atoms with van der Waals surface area (Å²) in [6.07, 6.45) is 27.1. The first-order valence-corrected chi connectivity index (χ1v) is 25.2. The van der Waals surface area contributed by atoms with E-state index in [1.165, 1.54) is 109 Å².